The van der Waals surface area contributed by atoms with Gasteiger partial charge in [0.05, 0.1) is 5.25 Å². The van der Waals surface area contributed by atoms with Gasteiger partial charge in [-0.1, -0.05) is 55.4 Å². The molecule has 0 aromatic rings. The number of hydrogen-bond donors (Lipinski definition) is 0. The largest absolute Gasteiger partial charge is 0.298 e. The number of rotatable bonds is 3. The molecule has 21 heavy (non-hydrogen) atoms. The molecular weight excluding hydrogens is 283 g/mol. The van der Waals surface area contributed by atoms with Gasteiger partial charge in [-0.05, 0) is 38.5 Å². The predicted octanol–water partition coefficient (Wildman–Crippen LogP) is 5.85. The molecule has 1 unspecified atom stereocenters. The van der Waals surface area contributed by atoms with E-state index in [2.05, 4.69) is 0 Å². The van der Waals surface area contributed by atoms with Crippen LogP contribution in [0, 0.1) is 0 Å². The number of halogens is 1. The standard InChI is InChI=1S/C18H31FOS/c19-21(15-9-3-1-4-10-15,16-11-5-2-6-12-16)18-14-8-7-13-17(18)20/h15-16,18H,1-14H2. The van der Waals surface area contributed by atoms with Gasteiger partial charge in [-0.15, -0.1) is 0 Å². The summed E-state index contributed by atoms with van der Waals surface area (Å²) in [7, 11) is -2.24. The zero-order valence-electron chi connectivity index (χ0n) is 13.3. The quantitative estimate of drug-likeness (QED) is 0.638. The van der Waals surface area contributed by atoms with Crippen molar-refractivity contribution < 1.29 is 8.68 Å². The smallest absolute Gasteiger partial charge is 0.146 e. The van der Waals surface area contributed by atoms with Gasteiger partial charge in [0.25, 0.3) is 0 Å². The molecule has 0 radical (unpaired) electrons. The summed E-state index contributed by atoms with van der Waals surface area (Å²) in [6, 6.07) is 0. The topological polar surface area (TPSA) is 17.1 Å². The van der Waals surface area contributed by atoms with Crippen LogP contribution in [0.4, 0.5) is 3.89 Å². The van der Waals surface area contributed by atoms with E-state index in [1.807, 2.05) is 0 Å². The summed E-state index contributed by atoms with van der Waals surface area (Å²) < 4.78 is 16.6. The summed E-state index contributed by atoms with van der Waals surface area (Å²) in [4.78, 5) is 12.5. The SMILES string of the molecule is O=C1CCCCC1S(F)(C1CCCCC1)C1CCCCC1. The molecule has 3 rings (SSSR count). The lowest BCUT2D eigenvalue weighted by molar-refractivity contribution is -0.119. The van der Waals surface area contributed by atoms with E-state index in [0.717, 1.165) is 44.9 Å². The van der Waals surface area contributed by atoms with Crippen molar-refractivity contribution >= 4 is 16.2 Å². The third kappa shape index (κ3) is 3.18. The summed E-state index contributed by atoms with van der Waals surface area (Å²) in [6.45, 7) is 0. The Morgan fingerprint density at radius 1 is 0.714 bits per heavy atom. The molecule has 3 saturated carbocycles. The fraction of sp³-hybridized carbons (Fsp3) is 0.944. The van der Waals surface area contributed by atoms with Crippen LogP contribution in [0.2, 0.25) is 0 Å². The Morgan fingerprint density at radius 3 is 1.67 bits per heavy atom. The van der Waals surface area contributed by atoms with Gasteiger partial charge >= 0.3 is 0 Å². The average Bonchev–Trinajstić information content (AvgIpc) is 2.56. The molecule has 1 nitrogen and oxygen atoms in total. The normalized spacial score (nSPS) is 31.3. The molecule has 0 bridgehead atoms. The lowest BCUT2D eigenvalue weighted by Crippen LogP contribution is -2.41. The van der Waals surface area contributed by atoms with Gasteiger partial charge in [0.15, 0.2) is 0 Å². The van der Waals surface area contributed by atoms with E-state index in [-0.39, 0.29) is 21.5 Å². The summed E-state index contributed by atoms with van der Waals surface area (Å²) in [5.41, 5.74) is 0. The summed E-state index contributed by atoms with van der Waals surface area (Å²) in [6.07, 6.45) is 15.2. The van der Waals surface area contributed by atoms with Crippen LogP contribution in [0.15, 0.2) is 0 Å². The fourth-order valence-corrected chi connectivity index (χ4v) is 9.56. The van der Waals surface area contributed by atoms with Gasteiger partial charge in [-0.2, -0.15) is 3.89 Å². The Labute approximate surface area is 131 Å². The van der Waals surface area contributed by atoms with Gasteiger partial charge in [0.2, 0.25) is 0 Å². The maximum absolute atomic E-state index is 16.6. The summed E-state index contributed by atoms with van der Waals surface area (Å²) in [5.74, 6) is 0.287. The van der Waals surface area contributed by atoms with E-state index in [4.69, 9.17) is 0 Å². The highest BCUT2D eigenvalue weighted by Crippen LogP contribution is 2.69. The molecule has 3 aliphatic rings. The Morgan fingerprint density at radius 2 is 1.19 bits per heavy atom. The van der Waals surface area contributed by atoms with Crippen LogP contribution in [0.1, 0.15) is 89.9 Å². The van der Waals surface area contributed by atoms with Crippen molar-refractivity contribution in [2.75, 3.05) is 0 Å². The molecule has 0 aromatic heterocycles. The van der Waals surface area contributed by atoms with Crippen molar-refractivity contribution in [3.05, 3.63) is 0 Å². The van der Waals surface area contributed by atoms with Crippen LogP contribution in [-0.2, 0) is 4.79 Å². The maximum atomic E-state index is 16.6. The number of ketones is 1. The molecule has 3 heteroatoms. The first kappa shape index (κ1) is 15.8. The molecule has 3 aliphatic carbocycles. The van der Waals surface area contributed by atoms with Crippen LogP contribution in [0.25, 0.3) is 0 Å². The van der Waals surface area contributed by atoms with Gasteiger partial charge in [-0.25, -0.2) is 0 Å². The summed E-state index contributed by atoms with van der Waals surface area (Å²) >= 11 is 0. The first-order chi connectivity index (χ1) is 10.2. The van der Waals surface area contributed by atoms with E-state index < -0.39 is 10.4 Å². The second kappa shape index (κ2) is 7.02. The van der Waals surface area contributed by atoms with E-state index in [1.165, 1.54) is 38.5 Å². The lowest BCUT2D eigenvalue weighted by atomic mass is 9.98. The van der Waals surface area contributed by atoms with E-state index in [0.29, 0.717) is 6.42 Å². The van der Waals surface area contributed by atoms with Crippen LogP contribution in [0.5, 0.6) is 0 Å². The van der Waals surface area contributed by atoms with E-state index in [1.54, 1.807) is 0 Å². The third-order valence-electron chi connectivity index (χ3n) is 6.06. The monoisotopic (exact) mass is 314 g/mol. The van der Waals surface area contributed by atoms with E-state index in [9.17, 15) is 4.79 Å². The Kier molecular flexibility index (Phi) is 5.29. The molecule has 0 saturated heterocycles. The minimum atomic E-state index is -2.24. The second-order valence-electron chi connectivity index (χ2n) is 7.40. The fourth-order valence-electron chi connectivity index (χ4n) is 4.92. The first-order valence-corrected chi connectivity index (χ1v) is 11.0. The molecule has 0 spiro atoms. The van der Waals surface area contributed by atoms with Crippen LogP contribution in [-0.4, -0.2) is 21.5 Å². The zero-order valence-corrected chi connectivity index (χ0v) is 14.1. The van der Waals surface area contributed by atoms with Crippen LogP contribution in [0.3, 0.4) is 0 Å². The molecule has 0 heterocycles. The maximum Gasteiger partial charge on any atom is 0.146 e. The van der Waals surface area contributed by atoms with Crippen LogP contribution < -0.4 is 0 Å². The third-order valence-corrected chi connectivity index (χ3v) is 10.4. The lowest BCUT2D eigenvalue weighted by Gasteiger charge is -2.52. The first-order valence-electron chi connectivity index (χ1n) is 9.25. The van der Waals surface area contributed by atoms with Gasteiger partial charge in [-0.3, -0.25) is 4.79 Å². The number of carbonyl (C=O) groups excluding carboxylic acids is 1. The minimum Gasteiger partial charge on any atom is -0.298 e. The molecule has 0 aliphatic heterocycles. The Hall–Kier alpha value is -0.0500. The van der Waals surface area contributed by atoms with Gasteiger partial charge in [0.1, 0.15) is 5.78 Å². The van der Waals surface area contributed by atoms with Gasteiger partial charge < -0.3 is 0 Å². The molecule has 1 atom stereocenters. The average molecular weight is 315 g/mol. The number of carbonyl (C=O) groups is 1. The van der Waals surface area contributed by atoms with Crippen molar-refractivity contribution in [1.29, 1.82) is 0 Å². The highest BCUT2D eigenvalue weighted by Gasteiger charge is 2.49. The number of Topliss-reactive ketones (excluding diaryl/α,β-unsaturated/α-hetero) is 1. The molecule has 0 amide bonds. The van der Waals surface area contributed by atoms with Crippen molar-refractivity contribution in [2.24, 2.45) is 0 Å². The van der Waals surface area contributed by atoms with E-state index >= 15 is 3.89 Å². The predicted molar refractivity (Wildman–Crippen MR) is 89.7 cm³/mol. The summed E-state index contributed by atoms with van der Waals surface area (Å²) in [5, 5.41) is 0.320. The van der Waals surface area contributed by atoms with Crippen molar-refractivity contribution in [2.45, 2.75) is 106 Å². The molecule has 0 aromatic carbocycles. The Bertz CT molecular complexity index is 340. The minimum absolute atomic E-state index is 0.183. The Balaban J connectivity index is 1.86. The van der Waals surface area contributed by atoms with Crippen molar-refractivity contribution in [1.82, 2.24) is 0 Å². The van der Waals surface area contributed by atoms with Crippen LogP contribution >= 0.6 is 10.4 Å². The molecule has 3 fully saturated rings. The molecular formula is C18H31FOS. The zero-order chi connectivity index (χ0) is 14.7. The molecule has 0 N–H and O–H groups in total. The highest BCUT2D eigenvalue weighted by atomic mass is 32.3. The highest BCUT2D eigenvalue weighted by molar-refractivity contribution is 8.31. The number of hydrogen-bond acceptors (Lipinski definition) is 1. The van der Waals surface area contributed by atoms with Crippen molar-refractivity contribution in [3.63, 3.8) is 0 Å². The van der Waals surface area contributed by atoms with Gasteiger partial charge in [0, 0.05) is 16.9 Å². The molecule has 122 valence electrons. The second-order valence-corrected chi connectivity index (χ2v) is 10.6. The van der Waals surface area contributed by atoms with Crippen molar-refractivity contribution in [3.8, 4) is 0 Å².